The molecule has 3 nitrogen and oxygen atoms in total. The number of methoxy groups -OCH3 is 1. The molecule has 72 valence electrons. The van der Waals surface area contributed by atoms with Gasteiger partial charge in [0.25, 0.3) is 0 Å². The van der Waals surface area contributed by atoms with Gasteiger partial charge in [0.05, 0.1) is 7.11 Å². The van der Waals surface area contributed by atoms with Crippen LogP contribution in [0.25, 0.3) is 10.9 Å². The fourth-order valence-electron chi connectivity index (χ4n) is 1.44. The van der Waals surface area contributed by atoms with Gasteiger partial charge in [-0.2, -0.15) is 0 Å². The highest BCUT2D eigenvalue weighted by molar-refractivity contribution is 6.33. The van der Waals surface area contributed by atoms with Gasteiger partial charge in [0, 0.05) is 23.3 Å². The molecular weight excluding hydrogens is 200 g/mol. The van der Waals surface area contributed by atoms with E-state index in [1.165, 1.54) is 0 Å². The number of ether oxygens (including phenoxy) is 1. The van der Waals surface area contributed by atoms with Crippen molar-refractivity contribution >= 4 is 22.5 Å². The fraction of sp³-hybridized carbons (Fsp3) is 0.200. The number of nitrogens with zero attached hydrogens (tertiary/aromatic N) is 2. The second-order valence-corrected chi connectivity index (χ2v) is 3.33. The van der Waals surface area contributed by atoms with Gasteiger partial charge in [-0.3, -0.25) is 4.98 Å². The van der Waals surface area contributed by atoms with E-state index in [4.69, 9.17) is 16.3 Å². The maximum absolute atomic E-state index is 5.91. The third kappa shape index (κ3) is 1.30. The number of hydrogen-bond donors (Lipinski definition) is 0. The van der Waals surface area contributed by atoms with Gasteiger partial charge in [0.1, 0.15) is 11.3 Å². The summed E-state index contributed by atoms with van der Waals surface area (Å²) in [5, 5.41) is 1.30. The highest BCUT2D eigenvalue weighted by Crippen LogP contribution is 2.29. The smallest absolute Gasteiger partial charge is 0.155 e. The van der Waals surface area contributed by atoms with Gasteiger partial charge in [0.2, 0.25) is 0 Å². The van der Waals surface area contributed by atoms with Crippen molar-refractivity contribution in [1.29, 1.82) is 0 Å². The highest BCUT2D eigenvalue weighted by Gasteiger charge is 2.08. The molecule has 2 heterocycles. The molecule has 0 atom stereocenters. The van der Waals surface area contributed by atoms with Gasteiger partial charge in [-0.1, -0.05) is 11.6 Å². The molecule has 0 radical (unpaired) electrons. The zero-order valence-electron chi connectivity index (χ0n) is 7.91. The van der Waals surface area contributed by atoms with E-state index in [0.29, 0.717) is 10.7 Å². The van der Waals surface area contributed by atoms with Crippen LogP contribution in [-0.4, -0.2) is 17.1 Å². The van der Waals surface area contributed by atoms with Crippen molar-refractivity contribution in [3.8, 4) is 5.75 Å². The van der Waals surface area contributed by atoms with Crippen LogP contribution < -0.4 is 4.74 Å². The Morgan fingerprint density at radius 2 is 2.14 bits per heavy atom. The number of rotatable bonds is 1. The second-order valence-electron chi connectivity index (χ2n) is 2.97. The van der Waals surface area contributed by atoms with Crippen molar-refractivity contribution in [3.05, 3.63) is 29.2 Å². The summed E-state index contributed by atoms with van der Waals surface area (Å²) in [6, 6.07) is 1.85. The van der Waals surface area contributed by atoms with Gasteiger partial charge in [-0.05, 0) is 13.0 Å². The van der Waals surface area contributed by atoms with E-state index in [1.54, 1.807) is 19.5 Å². The minimum atomic E-state index is 0.404. The second kappa shape index (κ2) is 3.42. The average molecular weight is 209 g/mol. The standard InChI is InChI=1S/C10H9ClN2O/c1-6-5-13-8-7(9(6)14-2)3-4-12-10(8)11/h3-5H,1-2H3. The molecule has 4 heteroatoms. The molecule has 0 unspecified atom stereocenters. The molecule has 0 amide bonds. The maximum atomic E-state index is 5.91. The summed E-state index contributed by atoms with van der Waals surface area (Å²) in [5.74, 6) is 0.805. The molecule has 2 aromatic heterocycles. The summed E-state index contributed by atoms with van der Waals surface area (Å²) in [6.07, 6.45) is 3.38. The van der Waals surface area contributed by atoms with E-state index in [9.17, 15) is 0 Å². The summed E-state index contributed by atoms with van der Waals surface area (Å²) in [4.78, 5) is 8.17. The van der Waals surface area contributed by atoms with Crippen molar-refractivity contribution in [2.24, 2.45) is 0 Å². The lowest BCUT2D eigenvalue weighted by Crippen LogP contribution is -1.92. The first kappa shape index (κ1) is 9.21. The number of fused-ring (bicyclic) bond motifs is 1. The molecule has 0 N–H and O–H groups in total. The summed E-state index contributed by atoms with van der Waals surface area (Å²) in [7, 11) is 1.64. The van der Waals surface area contributed by atoms with Crippen LogP contribution >= 0.6 is 11.6 Å². The van der Waals surface area contributed by atoms with Crippen molar-refractivity contribution in [3.63, 3.8) is 0 Å². The Morgan fingerprint density at radius 1 is 1.36 bits per heavy atom. The van der Waals surface area contributed by atoms with Crippen LogP contribution in [0, 0.1) is 6.92 Å². The predicted molar refractivity (Wildman–Crippen MR) is 55.8 cm³/mol. The van der Waals surface area contributed by atoms with Crippen LogP contribution in [0.5, 0.6) is 5.75 Å². The van der Waals surface area contributed by atoms with E-state index in [2.05, 4.69) is 9.97 Å². The highest BCUT2D eigenvalue weighted by atomic mass is 35.5. The molecule has 0 aromatic carbocycles. The maximum Gasteiger partial charge on any atom is 0.155 e. The Morgan fingerprint density at radius 3 is 2.86 bits per heavy atom. The van der Waals surface area contributed by atoms with E-state index < -0.39 is 0 Å². The zero-order valence-corrected chi connectivity index (χ0v) is 8.67. The fourth-order valence-corrected chi connectivity index (χ4v) is 1.64. The number of halogens is 1. The minimum Gasteiger partial charge on any atom is -0.496 e. The topological polar surface area (TPSA) is 35.0 Å². The van der Waals surface area contributed by atoms with Gasteiger partial charge in [-0.15, -0.1) is 0 Å². The molecule has 0 saturated carbocycles. The quantitative estimate of drug-likeness (QED) is 0.676. The molecular formula is C10H9ClN2O. The lowest BCUT2D eigenvalue weighted by atomic mass is 10.2. The van der Waals surface area contributed by atoms with E-state index in [1.807, 2.05) is 13.0 Å². The lowest BCUT2D eigenvalue weighted by molar-refractivity contribution is 0.416. The van der Waals surface area contributed by atoms with Gasteiger partial charge >= 0.3 is 0 Å². The van der Waals surface area contributed by atoms with Crippen LogP contribution in [0.2, 0.25) is 5.15 Å². The van der Waals surface area contributed by atoms with Gasteiger partial charge < -0.3 is 4.74 Å². The Balaban J connectivity index is 2.88. The Labute approximate surface area is 86.7 Å². The molecule has 0 saturated heterocycles. The molecule has 2 rings (SSSR count). The molecule has 2 aromatic rings. The average Bonchev–Trinajstić information content (AvgIpc) is 2.18. The van der Waals surface area contributed by atoms with Gasteiger partial charge in [-0.25, -0.2) is 4.98 Å². The van der Waals surface area contributed by atoms with Crippen molar-refractivity contribution in [2.45, 2.75) is 6.92 Å². The normalized spacial score (nSPS) is 10.5. The number of aryl methyl sites for hydroxylation is 1. The largest absolute Gasteiger partial charge is 0.496 e. The third-order valence-electron chi connectivity index (χ3n) is 2.07. The van der Waals surface area contributed by atoms with E-state index in [0.717, 1.165) is 16.7 Å². The van der Waals surface area contributed by atoms with Crippen molar-refractivity contribution < 1.29 is 4.74 Å². The van der Waals surface area contributed by atoms with Gasteiger partial charge in [0.15, 0.2) is 5.15 Å². The van der Waals surface area contributed by atoms with E-state index >= 15 is 0 Å². The number of pyridine rings is 2. The Hall–Kier alpha value is -1.35. The van der Waals surface area contributed by atoms with Crippen LogP contribution in [-0.2, 0) is 0 Å². The first-order valence-corrected chi connectivity index (χ1v) is 4.55. The first-order valence-electron chi connectivity index (χ1n) is 4.18. The van der Waals surface area contributed by atoms with Crippen LogP contribution in [0.3, 0.4) is 0 Å². The van der Waals surface area contributed by atoms with Crippen LogP contribution in [0.4, 0.5) is 0 Å². The van der Waals surface area contributed by atoms with Crippen molar-refractivity contribution in [1.82, 2.24) is 9.97 Å². The first-order chi connectivity index (χ1) is 6.74. The molecule has 14 heavy (non-hydrogen) atoms. The van der Waals surface area contributed by atoms with Crippen LogP contribution in [0.15, 0.2) is 18.5 Å². The number of hydrogen-bond acceptors (Lipinski definition) is 3. The molecule has 0 fully saturated rings. The molecule has 0 aliphatic rings. The Bertz CT molecular complexity index is 485. The SMILES string of the molecule is COc1c(C)cnc2c(Cl)nccc12. The van der Waals surface area contributed by atoms with Crippen molar-refractivity contribution in [2.75, 3.05) is 7.11 Å². The summed E-state index contributed by atoms with van der Waals surface area (Å²) < 4.78 is 5.29. The summed E-state index contributed by atoms with van der Waals surface area (Å²) in [5.41, 5.74) is 1.67. The minimum absolute atomic E-state index is 0.404. The molecule has 0 aliphatic carbocycles. The van der Waals surface area contributed by atoms with Crippen LogP contribution in [0.1, 0.15) is 5.56 Å². The molecule has 0 spiro atoms. The molecule has 0 aliphatic heterocycles. The lowest BCUT2D eigenvalue weighted by Gasteiger charge is -2.07. The Kier molecular flexibility index (Phi) is 2.25. The third-order valence-corrected chi connectivity index (χ3v) is 2.35. The van der Waals surface area contributed by atoms with E-state index in [-0.39, 0.29) is 0 Å². The predicted octanol–water partition coefficient (Wildman–Crippen LogP) is 2.60. The summed E-state index contributed by atoms with van der Waals surface area (Å²) >= 11 is 5.91. The molecule has 0 bridgehead atoms. The zero-order chi connectivity index (χ0) is 10.1. The summed E-state index contributed by atoms with van der Waals surface area (Å²) in [6.45, 7) is 1.94. The number of aromatic nitrogens is 2. The monoisotopic (exact) mass is 208 g/mol.